The molecule has 0 aliphatic carbocycles. The third-order valence-electron chi connectivity index (χ3n) is 4.67. The molecule has 0 atom stereocenters. The summed E-state index contributed by atoms with van der Waals surface area (Å²) in [6, 6.07) is 27.6. The van der Waals surface area contributed by atoms with Crippen LogP contribution in [0.3, 0.4) is 0 Å². The van der Waals surface area contributed by atoms with Gasteiger partial charge in [0.2, 0.25) is 0 Å². The smallest absolute Gasteiger partial charge is 0.189 e. The molecular weight excluding hydrogens is 368 g/mol. The highest BCUT2D eigenvalue weighted by Crippen LogP contribution is 2.39. The first-order chi connectivity index (χ1) is 13.3. The Balaban J connectivity index is 1.72. The number of fused-ring (bicyclic) bond motifs is 3. The minimum absolute atomic E-state index is 0.816. The third kappa shape index (κ3) is 2.91. The van der Waals surface area contributed by atoms with Crippen molar-refractivity contribution in [1.29, 1.82) is 0 Å². The van der Waals surface area contributed by atoms with Crippen molar-refractivity contribution in [3.05, 3.63) is 78.9 Å². The molecule has 0 N–H and O–H groups in total. The van der Waals surface area contributed by atoms with Crippen LogP contribution in [0.2, 0.25) is 0 Å². The van der Waals surface area contributed by atoms with Crippen LogP contribution in [0.4, 0.5) is 0 Å². The molecule has 0 aliphatic rings. The van der Waals surface area contributed by atoms with Crippen molar-refractivity contribution in [3.63, 3.8) is 0 Å². The van der Waals surface area contributed by atoms with Crippen molar-refractivity contribution in [1.82, 2.24) is 9.97 Å². The molecule has 4 heteroatoms. The molecular formula is C23H16N2S2. The normalized spacial score (nSPS) is 11.3. The Hall–Kier alpha value is -2.69. The van der Waals surface area contributed by atoms with Gasteiger partial charge in [0.15, 0.2) is 5.16 Å². The van der Waals surface area contributed by atoms with Gasteiger partial charge in [-0.1, -0.05) is 84.6 Å². The summed E-state index contributed by atoms with van der Waals surface area (Å²) in [4.78, 5) is 10.7. The molecule has 0 saturated heterocycles. The summed E-state index contributed by atoms with van der Waals surface area (Å²) in [5.74, 6) is 0. The number of aromatic nitrogens is 2. The van der Waals surface area contributed by atoms with Crippen LogP contribution in [0, 0.1) is 0 Å². The van der Waals surface area contributed by atoms with E-state index in [1.165, 1.54) is 21.2 Å². The van der Waals surface area contributed by atoms with E-state index < -0.39 is 0 Å². The Kier molecular flexibility index (Phi) is 4.15. The fourth-order valence-electron chi connectivity index (χ4n) is 3.35. The zero-order chi connectivity index (χ0) is 18.2. The largest absolute Gasteiger partial charge is 0.222 e. The van der Waals surface area contributed by atoms with Gasteiger partial charge in [0.1, 0.15) is 4.83 Å². The Morgan fingerprint density at radius 1 is 0.704 bits per heavy atom. The molecule has 2 nitrogen and oxygen atoms in total. The molecule has 0 aliphatic heterocycles. The quantitative estimate of drug-likeness (QED) is 0.250. The summed E-state index contributed by atoms with van der Waals surface area (Å²) in [6.07, 6.45) is 2.02. The van der Waals surface area contributed by atoms with Crippen LogP contribution in [0.1, 0.15) is 0 Å². The maximum atomic E-state index is 4.87. The van der Waals surface area contributed by atoms with Crippen molar-refractivity contribution in [2.24, 2.45) is 0 Å². The highest BCUT2D eigenvalue weighted by atomic mass is 32.2. The maximum absolute atomic E-state index is 4.87. The predicted octanol–water partition coefficient (Wildman–Crippen LogP) is 6.90. The average molecular weight is 385 g/mol. The van der Waals surface area contributed by atoms with Gasteiger partial charge in [-0.25, -0.2) is 9.97 Å². The maximum Gasteiger partial charge on any atom is 0.189 e. The minimum atomic E-state index is 0.816. The van der Waals surface area contributed by atoms with Gasteiger partial charge in [-0.15, -0.1) is 11.3 Å². The number of nitrogens with zero attached hydrogens (tertiary/aromatic N) is 2. The second kappa shape index (κ2) is 6.80. The summed E-state index contributed by atoms with van der Waals surface area (Å²) in [6.45, 7) is 0. The second-order valence-corrected chi connectivity index (χ2v) is 8.08. The van der Waals surface area contributed by atoms with Gasteiger partial charge in [-0.3, -0.25) is 0 Å². The summed E-state index contributed by atoms with van der Waals surface area (Å²) >= 11 is 3.32. The van der Waals surface area contributed by atoms with E-state index in [4.69, 9.17) is 9.97 Å². The van der Waals surface area contributed by atoms with Crippen LogP contribution in [0.5, 0.6) is 0 Å². The first-order valence-corrected chi connectivity index (χ1v) is 10.8. The Labute approximate surface area is 165 Å². The van der Waals surface area contributed by atoms with E-state index >= 15 is 0 Å². The molecule has 5 aromatic rings. The number of hydrogen-bond donors (Lipinski definition) is 0. The zero-order valence-corrected chi connectivity index (χ0v) is 16.3. The topological polar surface area (TPSA) is 25.8 Å². The molecule has 0 fully saturated rings. The molecule has 0 saturated carbocycles. The van der Waals surface area contributed by atoms with Crippen LogP contribution >= 0.6 is 23.1 Å². The third-order valence-corrected chi connectivity index (χ3v) is 6.28. The van der Waals surface area contributed by atoms with Crippen LogP contribution in [0.25, 0.3) is 42.7 Å². The molecule has 2 aromatic heterocycles. The Bertz CT molecular complexity index is 1240. The van der Waals surface area contributed by atoms with Gasteiger partial charge >= 0.3 is 0 Å². The van der Waals surface area contributed by atoms with E-state index in [1.54, 1.807) is 23.1 Å². The first kappa shape index (κ1) is 16.5. The molecule has 0 amide bonds. The molecule has 0 spiro atoms. The average Bonchev–Trinajstić information content (AvgIpc) is 3.12. The lowest BCUT2D eigenvalue weighted by Gasteiger charge is -2.07. The standard InChI is InChI=1S/C23H16N2S2/c1-26-23-24-21(20-18-9-5-6-10-19(18)27-22(20)25-23)17-13-11-16(12-14-17)15-7-3-2-4-8-15/h2-14H,1H3. The number of benzene rings is 3. The predicted molar refractivity (Wildman–Crippen MR) is 118 cm³/mol. The number of hydrogen-bond acceptors (Lipinski definition) is 4. The van der Waals surface area contributed by atoms with Crippen molar-refractivity contribution < 1.29 is 0 Å². The number of thioether (sulfide) groups is 1. The summed E-state index contributed by atoms with van der Waals surface area (Å²) in [7, 11) is 0. The Morgan fingerprint density at radius 3 is 2.15 bits per heavy atom. The fourth-order valence-corrected chi connectivity index (χ4v) is 4.85. The number of rotatable bonds is 3. The fraction of sp³-hybridized carbons (Fsp3) is 0.0435. The van der Waals surface area contributed by atoms with Crippen molar-refractivity contribution in [2.75, 3.05) is 6.26 Å². The molecule has 3 aromatic carbocycles. The molecule has 0 radical (unpaired) electrons. The van der Waals surface area contributed by atoms with Gasteiger partial charge in [-0.05, 0) is 23.4 Å². The highest BCUT2D eigenvalue weighted by Gasteiger charge is 2.15. The summed E-state index contributed by atoms with van der Waals surface area (Å²) in [5, 5.41) is 3.20. The number of thiophene rings is 1. The van der Waals surface area contributed by atoms with E-state index in [2.05, 4.69) is 72.8 Å². The van der Waals surface area contributed by atoms with Crippen LogP contribution in [0.15, 0.2) is 84.0 Å². The zero-order valence-electron chi connectivity index (χ0n) is 14.7. The van der Waals surface area contributed by atoms with E-state index in [0.29, 0.717) is 0 Å². The first-order valence-electron chi connectivity index (χ1n) is 8.72. The van der Waals surface area contributed by atoms with E-state index in [0.717, 1.165) is 26.6 Å². The Morgan fingerprint density at radius 2 is 1.37 bits per heavy atom. The lowest BCUT2D eigenvalue weighted by atomic mass is 10.0. The lowest BCUT2D eigenvalue weighted by Crippen LogP contribution is -1.91. The van der Waals surface area contributed by atoms with Crippen molar-refractivity contribution >= 4 is 43.4 Å². The molecule has 27 heavy (non-hydrogen) atoms. The molecule has 0 bridgehead atoms. The van der Waals surface area contributed by atoms with E-state index in [-0.39, 0.29) is 0 Å². The summed E-state index contributed by atoms with van der Waals surface area (Å²) < 4.78 is 1.25. The monoisotopic (exact) mass is 384 g/mol. The van der Waals surface area contributed by atoms with Gasteiger partial charge < -0.3 is 0 Å². The van der Waals surface area contributed by atoms with Crippen LogP contribution in [-0.2, 0) is 0 Å². The van der Waals surface area contributed by atoms with Crippen molar-refractivity contribution in [2.45, 2.75) is 5.16 Å². The van der Waals surface area contributed by atoms with Gasteiger partial charge in [0.05, 0.1) is 5.69 Å². The molecule has 0 unspecified atom stereocenters. The van der Waals surface area contributed by atoms with Crippen LogP contribution in [-0.4, -0.2) is 16.2 Å². The summed E-state index contributed by atoms with van der Waals surface area (Å²) in [5.41, 5.74) is 4.58. The van der Waals surface area contributed by atoms with Gasteiger partial charge in [0, 0.05) is 21.0 Å². The van der Waals surface area contributed by atoms with Crippen LogP contribution < -0.4 is 0 Å². The van der Waals surface area contributed by atoms with E-state index in [9.17, 15) is 0 Å². The van der Waals surface area contributed by atoms with Gasteiger partial charge in [0.25, 0.3) is 0 Å². The van der Waals surface area contributed by atoms with E-state index in [1.807, 2.05) is 12.3 Å². The molecule has 5 rings (SSSR count). The second-order valence-electron chi connectivity index (χ2n) is 6.28. The highest BCUT2D eigenvalue weighted by molar-refractivity contribution is 7.98. The molecule has 130 valence electrons. The lowest BCUT2D eigenvalue weighted by molar-refractivity contribution is 1.02. The molecule has 2 heterocycles. The minimum Gasteiger partial charge on any atom is -0.222 e. The van der Waals surface area contributed by atoms with Crippen molar-refractivity contribution in [3.8, 4) is 22.4 Å². The van der Waals surface area contributed by atoms with Gasteiger partial charge in [-0.2, -0.15) is 0 Å². The SMILES string of the molecule is CSc1nc(-c2ccc(-c3ccccc3)cc2)c2c(n1)sc1ccccc12.